The number of fused-ring (bicyclic) bond motifs is 1. The van der Waals surface area contributed by atoms with Gasteiger partial charge in [0, 0.05) is 22.7 Å². The van der Waals surface area contributed by atoms with E-state index in [0.29, 0.717) is 11.3 Å². The SMILES string of the molecule is CCNC(CSC(C)C)Cc1cc(Br)cc2c1OCC2. The Kier molecular flexibility index (Phi) is 6.24. The molecule has 0 spiro atoms. The van der Waals surface area contributed by atoms with E-state index in [1.54, 1.807) is 0 Å². The minimum Gasteiger partial charge on any atom is -0.493 e. The van der Waals surface area contributed by atoms with Crippen LogP contribution < -0.4 is 10.1 Å². The molecule has 1 atom stereocenters. The van der Waals surface area contributed by atoms with Gasteiger partial charge in [-0.15, -0.1) is 0 Å². The topological polar surface area (TPSA) is 21.3 Å². The zero-order valence-electron chi connectivity index (χ0n) is 12.5. The Hall–Kier alpha value is -0.190. The van der Waals surface area contributed by atoms with Gasteiger partial charge in [0.1, 0.15) is 5.75 Å². The molecule has 1 aliphatic heterocycles. The summed E-state index contributed by atoms with van der Waals surface area (Å²) in [6.45, 7) is 8.53. The molecular formula is C16H24BrNOS. The highest BCUT2D eigenvalue weighted by molar-refractivity contribution is 9.10. The van der Waals surface area contributed by atoms with Crippen molar-refractivity contribution in [3.05, 3.63) is 27.7 Å². The summed E-state index contributed by atoms with van der Waals surface area (Å²) in [5.74, 6) is 2.28. The molecule has 4 heteroatoms. The van der Waals surface area contributed by atoms with Crippen LogP contribution in [0.25, 0.3) is 0 Å². The van der Waals surface area contributed by atoms with Crippen LogP contribution >= 0.6 is 27.7 Å². The van der Waals surface area contributed by atoms with Crippen molar-refractivity contribution in [2.75, 3.05) is 18.9 Å². The van der Waals surface area contributed by atoms with Crippen LogP contribution in [0.3, 0.4) is 0 Å². The molecule has 1 heterocycles. The summed E-state index contributed by atoms with van der Waals surface area (Å²) in [5.41, 5.74) is 2.68. The lowest BCUT2D eigenvalue weighted by Gasteiger charge is -2.20. The first-order chi connectivity index (χ1) is 9.60. The minimum absolute atomic E-state index is 0.509. The van der Waals surface area contributed by atoms with Gasteiger partial charge >= 0.3 is 0 Å². The number of hydrogen-bond acceptors (Lipinski definition) is 3. The van der Waals surface area contributed by atoms with Crippen LogP contribution in [0.1, 0.15) is 31.9 Å². The van der Waals surface area contributed by atoms with Crippen molar-refractivity contribution in [2.24, 2.45) is 0 Å². The Morgan fingerprint density at radius 1 is 1.40 bits per heavy atom. The number of hydrogen-bond donors (Lipinski definition) is 1. The monoisotopic (exact) mass is 357 g/mol. The summed E-state index contributed by atoms with van der Waals surface area (Å²) >= 11 is 5.65. The van der Waals surface area contributed by atoms with Gasteiger partial charge in [-0.3, -0.25) is 0 Å². The minimum atomic E-state index is 0.509. The third-order valence-electron chi connectivity index (χ3n) is 3.42. The molecular weight excluding hydrogens is 334 g/mol. The van der Waals surface area contributed by atoms with Crippen molar-refractivity contribution in [3.8, 4) is 5.75 Å². The first-order valence-electron chi connectivity index (χ1n) is 7.39. The molecule has 0 aromatic heterocycles. The summed E-state index contributed by atoms with van der Waals surface area (Å²) in [6.07, 6.45) is 2.07. The van der Waals surface area contributed by atoms with Crippen molar-refractivity contribution in [3.63, 3.8) is 0 Å². The molecule has 0 saturated heterocycles. The normalized spacial score (nSPS) is 15.2. The van der Waals surface area contributed by atoms with E-state index >= 15 is 0 Å². The van der Waals surface area contributed by atoms with Gasteiger partial charge < -0.3 is 10.1 Å². The summed E-state index contributed by atoms with van der Waals surface area (Å²) < 4.78 is 7.00. The largest absolute Gasteiger partial charge is 0.493 e. The van der Waals surface area contributed by atoms with E-state index in [9.17, 15) is 0 Å². The van der Waals surface area contributed by atoms with Crippen molar-refractivity contribution < 1.29 is 4.74 Å². The van der Waals surface area contributed by atoms with E-state index in [1.807, 2.05) is 11.8 Å². The molecule has 1 aliphatic rings. The molecule has 0 aliphatic carbocycles. The van der Waals surface area contributed by atoms with Crippen molar-refractivity contribution in [1.82, 2.24) is 5.32 Å². The van der Waals surface area contributed by atoms with Crippen LogP contribution in [0.4, 0.5) is 0 Å². The second-order valence-corrected chi connectivity index (χ2v) is 8.02. The molecule has 0 radical (unpaired) electrons. The lowest BCUT2D eigenvalue weighted by molar-refractivity contribution is 0.352. The Bertz CT molecular complexity index is 450. The van der Waals surface area contributed by atoms with Crippen LogP contribution in [0.2, 0.25) is 0 Å². The summed E-state index contributed by atoms with van der Waals surface area (Å²) in [4.78, 5) is 0. The molecule has 112 valence electrons. The number of rotatable bonds is 7. The van der Waals surface area contributed by atoms with Gasteiger partial charge in [-0.2, -0.15) is 11.8 Å². The maximum Gasteiger partial charge on any atom is 0.125 e. The Morgan fingerprint density at radius 2 is 2.20 bits per heavy atom. The maximum absolute atomic E-state index is 5.83. The van der Waals surface area contributed by atoms with Gasteiger partial charge in [0.2, 0.25) is 0 Å². The Morgan fingerprint density at radius 3 is 2.90 bits per heavy atom. The highest BCUT2D eigenvalue weighted by Crippen LogP contribution is 2.34. The van der Waals surface area contributed by atoms with Gasteiger partial charge in [-0.05, 0) is 41.5 Å². The van der Waals surface area contributed by atoms with E-state index in [2.05, 4.69) is 54.2 Å². The fourth-order valence-corrected chi connectivity index (χ4v) is 3.96. The molecule has 0 bridgehead atoms. The number of ether oxygens (including phenoxy) is 1. The quantitative estimate of drug-likeness (QED) is 0.795. The fourth-order valence-electron chi connectivity index (χ4n) is 2.55. The molecule has 0 fully saturated rings. The molecule has 20 heavy (non-hydrogen) atoms. The number of thioether (sulfide) groups is 1. The lowest BCUT2D eigenvalue weighted by atomic mass is 10.0. The third kappa shape index (κ3) is 4.40. The Balaban J connectivity index is 2.10. The van der Waals surface area contributed by atoms with E-state index in [4.69, 9.17) is 4.74 Å². The average Bonchev–Trinajstić information content (AvgIpc) is 2.84. The predicted octanol–water partition coefficient (Wildman–Crippen LogP) is 4.05. The van der Waals surface area contributed by atoms with E-state index in [1.165, 1.54) is 15.6 Å². The lowest BCUT2D eigenvalue weighted by Crippen LogP contribution is -2.33. The van der Waals surface area contributed by atoms with Crippen LogP contribution in [-0.4, -0.2) is 30.2 Å². The zero-order valence-corrected chi connectivity index (χ0v) is 14.9. The van der Waals surface area contributed by atoms with Crippen LogP contribution in [0, 0.1) is 0 Å². The van der Waals surface area contributed by atoms with Gasteiger partial charge in [0.15, 0.2) is 0 Å². The van der Waals surface area contributed by atoms with Gasteiger partial charge in [-0.25, -0.2) is 0 Å². The highest BCUT2D eigenvalue weighted by Gasteiger charge is 2.20. The van der Waals surface area contributed by atoms with Crippen LogP contribution in [-0.2, 0) is 12.8 Å². The van der Waals surface area contributed by atoms with Crippen LogP contribution in [0.15, 0.2) is 16.6 Å². The molecule has 0 amide bonds. The number of halogens is 1. The molecule has 0 saturated carbocycles. The summed E-state index contributed by atoms with van der Waals surface area (Å²) in [7, 11) is 0. The fraction of sp³-hybridized carbons (Fsp3) is 0.625. The smallest absolute Gasteiger partial charge is 0.125 e. The van der Waals surface area contributed by atoms with Gasteiger partial charge in [-0.1, -0.05) is 36.7 Å². The number of likely N-dealkylation sites (N-methyl/N-ethyl adjacent to an activating group) is 1. The number of benzene rings is 1. The van der Waals surface area contributed by atoms with Gasteiger partial charge in [0.05, 0.1) is 6.61 Å². The Labute approximate surface area is 135 Å². The third-order valence-corrected chi connectivity index (χ3v) is 5.13. The van der Waals surface area contributed by atoms with E-state index in [-0.39, 0.29) is 0 Å². The van der Waals surface area contributed by atoms with Crippen LogP contribution in [0.5, 0.6) is 5.75 Å². The molecule has 2 nitrogen and oxygen atoms in total. The summed E-state index contributed by atoms with van der Waals surface area (Å²) in [6, 6.07) is 4.92. The molecule has 1 aromatic carbocycles. The molecule has 1 N–H and O–H groups in total. The first-order valence-corrected chi connectivity index (χ1v) is 9.23. The second kappa shape index (κ2) is 7.71. The predicted molar refractivity (Wildman–Crippen MR) is 92.1 cm³/mol. The maximum atomic E-state index is 5.83. The summed E-state index contributed by atoms with van der Waals surface area (Å²) in [5, 5.41) is 4.29. The standard InChI is InChI=1S/C16H24BrNOS/c1-4-18-15(10-20-11(2)3)9-13-8-14(17)7-12-5-6-19-16(12)13/h7-8,11,15,18H,4-6,9-10H2,1-3H3. The van der Waals surface area contributed by atoms with Crippen molar-refractivity contribution in [1.29, 1.82) is 0 Å². The molecule has 2 rings (SSSR count). The number of nitrogens with one attached hydrogen (secondary N) is 1. The first kappa shape index (κ1) is 16.2. The second-order valence-electron chi connectivity index (χ2n) is 5.49. The van der Waals surface area contributed by atoms with E-state index in [0.717, 1.165) is 37.5 Å². The van der Waals surface area contributed by atoms with Crippen molar-refractivity contribution >= 4 is 27.7 Å². The van der Waals surface area contributed by atoms with E-state index < -0.39 is 0 Å². The van der Waals surface area contributed by atoms with Gasteiger partial charge in [0.25, 0.3) is 0 Å². The van der Waals surface area contributed by atoms with Crippen molar-refractivity contribution in [2.45, 2.75) is 44.9 Å². The highest BCUT2D eigenvalue weighted by atomic mass is 79.9. The molecule has 1 unspecified atom stereocenters. The zero-order chi connectivity index (χ0) is 14.5. The average molecular weight is 358 g/mol. The molecule has 1 aromatic rings.